The van der Waals surface area contributed by atoms with Gasteiger partial charge in [0.05, 0.1) is 13.2 Å². The molecule has 2 fully saturated rings. The van der Waals surface area contributed by atoms with Crippen molar-refractivity contribution < 1.29 is 18.7 Å². The van der Waals surface area contributed by atoms with Crippen LogP contribution < -0.4 is 19.9 Å². The standard InChI is InChI=1S/C22H25FN4O3/c1-30-20-8-6-19(7-9-20)27-15-17(14-21(27)28)24-22(29)26-12-10-25(11-13-26)18-4-2-16(23)3-5-18/h2-9,17H,10-15H2,1H3,(H,24,29). The molecule has 8 heteroatoms. The second-order valence-electron chi connectivity index (χ2n) is 7.50. The monoisotopic (exact) mass is 412 g/mol. The van der Waals surface area contributed by atoms with Gasteiger partial charge in [0.2, 0.25) is 5.91 Å². The molecule has 7 nitrogen and oxygen atoms in total. The van der Waals surface area contributed by atoms with Crippen LogP contribution in [-0.4, -0.2) is 62.7 Å². The Labute approximate surface area is 175 Å². The van der Waals surface area contributed by atoms with Crippen molar-refractivity contribution in [2.45, 2.75) is 12.5 Å². The van der Waals surface area contributed by atoms with Crippen molar-refractivity contribution in [3.8, 4) is 5.75 Å². The Kier molecular flexibility index (Phi) is 5.74. The van der Waals surface area contributed by atoms with Crippen molar-refractivity contribution in [3.63, 3.8) is 0 Å². The average Bonchev–Trinajstić information content (AvgIpc) is 3.14. The Bertz CT molecular complexity index is 896. The first-order valence-corrected chi connectivity index (χ1v) is 10.0. The number of nitrogens with one attached hydrogen (secondary N) is 1. The summed E-state index contributed by atoms with van der Waals surface area (Å²) in [5.41, 5.74) is 1.75. The molecule has 30 heavy (non-hydrogen) atoms. The van der Waals surface area contributed by atoms with Crippen molar-refractivity contribution in [1.82, 2.24) is 10.2 Å². The van der Waals surface area contributed by atoms with Crippen LogP contribution in [-0.2, 0) is 4.79 Å². The van der Waals surface area contributed by atoms with Gasteiger partial charge in [-0.25, -0.2) is 9.18 Å². The number of nitrogens with zero attached hydrogens (tertiary/aromatic N) is 3. The lowest BCUT2D eigenvalue weighted by atomic mass is 10.2. The predicted molar refractivity (Wildman–Crippen MR) is 112 cm³/mol. The lowest BCUT2D eigenvalue weighted by Crippen LogP contribution is -2.53. The van der Waals surface area contributed by atoms with Gasteiger partial charge in [0, 0.05) is 50.5 Å². The number of hydrogen-bond donors (Lipinski definition) is 1. The Morgan fingerprint density at radius 2 is 1.63 bits per heavy atom. The van der Waals surface area contributed by atoms with Crippen molar-refractivity contribution in [3.05, 3.63) is 54.3 Å². The van der Waals surface area contributed by atoms with Gasteiger partial charge in [-0.05, 0) is 48.5 Å². The zero-order chi connectivity index (χ0) is 21.1. The number of halogens is 1. The smallest absolute Gasteiger partial charge is 0.317 e. The van der Waals surface area contributed by atoms with Crippen LogP contribution in [0.5, 0.6) is 5.75 Å². The molecule has 2 aromatic rings. The van der Waals surface area contributed by atoms with E-state index in [0.29, 0.717) is 32.7 Å². The molecule has 1 unspecified atom stereocenters. The van der Waals surface area contributed by atoms with E-state index in [0.717, 1.165) is 17.1 Å². The van der Waals surface area contributed by atoms with Crippen LogP contribution in [0.15, 0.2) is 48.5 Å². The van der Waals surface area contributed by atoms with Gasteiger partial charge in [0.15, 0.2) is 0 Å². The van der Waals surface area contributed by atoms with Crippen LogP contribution in [0.25, 0.3) is 0 Å². The van der Waals surface area contributed by atoms with E-state index < -0.39 is 0 Å². The number of carbonyl (C=O) groups excluding carboxylic acids is 2. The molecule has 2 heterocycles. The molecule has 0 bridgehead atoms. The summed E-state index contributed by atoms with van der Waals surface area (Å²) in [5.74, 6) is 0.466. The molecule has 0 aliphatic carbocycles. The number of amides is 3. The van der Waals surface area contributed by atoms with E-state index in [9.17, 15) is 14.0 Å². The molecular formula is C22H25FN4O3. The molecular weight excluding hydrogens is 387 g/mol. The summed E-state index contributed by atoms with van der Waals surface area (Å²) in [6.45, 7) is 2.96. The first-order valence-electron chi connectivity index (χ1n) is 10.0. The van der Waals surface area contributed by atoms with Gasteiger partial charge in [-0.1, -0.05) is 0 Å². The van der Waals surface area contributed by atoms with Gasteiger partial charge in [-0.15, -0.1) is 0 Å². The number of piperazine rings is 1. The fraction of sp³-hybridized carbons (Fsp3) is 0.364. The minimum Gasteiger partial charge on any atom is -0.497 e. The molecule has 2 aromatic carbocycles. The number of urea groups is 1. The first kappa shape index (κ1) is 20.0. The molecule has 1 atom stereocenters. The van der Waals surface area contributed by atoms with Crippen molar-refractivity contribution in [2.75, 3.05) is 49.6 Å². The van der Waals surface area contributed by atoms with Gasteiger partial charge in [-0.3, -0.25) is 4.79 Å². The number of benzene rings is 2. The normalized spacial score (nSPS) is 19.2. The summed E-state index contributed by atoms with van der Waals surface area (Å²) >= 11 is 0. The third-order valence-electron chi connectivity index (χ3n) is 5.60. The van der Waals surface area contributed by atoms with Crippen LogP contribution in [0.3, 0.4) is 0 Å². The maximum Gasteiger partial charge on any atom is 0.317 e. The van der Waals surface area contributed by atoms with E-state index >= 15 is 0 Å². The molecule has 1 N–H and O–H groups in total. The largest absolute Gasteiger partial charge is 0.497 e. The number of carbonyl (C=O) groups is 2. The maximum absolute atomic E-state index is 13.1. The Hall–Kier alpha value is -3.29. The lowest BCUT2D eigenvalue weighted by Gasteiger charge is -2.36. The quantitative estimate of drug-likeness (QED) is 0.838. The maximum atomic E-state index is 13.1. The molecule has 4 rings (SSSR count). The van der Waals surface area contributed by atoms with Gasteiger partial charge < -0.3 is 24.8 Å². The zero-order valence-electron chi connectivity index (χ0n) is 16.9. The lowest BCUT2D eigenvalue weighted by molar-refractivity contribution is -0.117. The highest BCUT2D eigenvalue weighted by atomic mass is 19.1. The van der Waals surface area contributed by atoms with E-state index in [1.54, 1.807) is 29.0 Å². The fourth-order valence-corrected chi connectivity index (χ4v) is 3.90. The number of hydrogen-bond acceptors (Lipinski definition) is 4. The van der Waals surface area contributed by atoms with Crippen molar-refractivity contribution in [1.29, 1.82) is 0 Å². The van der Waals surface area contributed by atoms with E-state index in [4.69, 9.17) is 4.74 Å². The molecule has 158 valence electrons. The van der Waals surface area contributed by atoms with Crippen LogP contribution in [0, 0.1) is 5.82 Å². The highest BCUT2D eigenvalue weighted by molar-refractivity contribution is 5.96. The minimum atomic E-state index is -0.258. The minimum absolute atomic E-state index is 0.00778. The van der Waals surface area contributed by atoms with Crippen LogP contribution in [0.4, 0.5) is 20.6 Å². The summed E-state index contributed by atoms with van der Waals surface area (Å²) in [5, 5.41) is 3.00. The highest BCUT2D eigenvalue weighted by Crippen LogP contribution is 2.24. The Morgan fingerprint density at radius 1 is 1.00 bits per heavy atom. The molecule has 3 amide bonds. The third kappa shape index (κ3) is 4.32. The molecule has 0 radical (unpaired) electrons. The second kappa shape index (κ2) is 8.61. The first-order chi connectivity index (χ1) is 14.5. The highest BCUT2D eigenvalue weighted by Gasteiger charge is 2.33. The van der Waals surface area contributed by atoms with Gasteiger partial charge in [-0.2, -0.15) is 0 Å². The third-order valence-corrected chi connectivity index (χ3v) is 5.60. The Balaban J connectivity index is 1.29. The molecule has 2 aliphatic rings. The molecule has 0 spiro atoms. The van der Waals surface area contributed by atoms with Gasteiger partial charge >= 0.3 is 6.03 Å². The van der Waals surface area contributed by atoms with Gasteiger partial charge in [0.1, 0.15) is 11.6 Å². The predicted octanol–water partition coefficient (Wildman–Crippen LogP) is 2.47. The van der Waals surface area contributed by atoms with E-state index in [-0.39, 0.29) is 30.2 Å². The summed E-state index contributed by atoms with van der Waals surface area (Å²) in [4.78, 5) is 30.7. The molecule has 2 saturated heterocycles. The topological polar surface area (TPSA) is 65.1 Å². The molecule has 2 aliphatic heterocycles. The average molecular weight is 412 g/mol. The van der Waals surface area contributed by atoms with Gasteiger partial charge in [0.25, 0.3) is 0 Å². The molecule has 0 saturated carbocycles. The number of methoxy groups -OCH3 is 1. The molecule has 0 aromatic heterocycles. The van der Waals surface area contributed by atoms with Crippen LogP contribution >= 0.6 is 0 Å². The van der Waals surface area contributed by atoms with E-state index in [2.05, 4.69) is 10.2 Å². The SMILES string of the molecule is COc1ccc(N2CC(NC(=O)N3CCN(c4ccc(F)cc4)CC3)CC2=O)cc1. The Morgan fingerprint density at radius 3 is 2.27 bits per heavy atom. The summed E-state index contributed by atoms with van der Waals surface area (Å²) in [6.07, 6.45) is 0.285. The summed E-state index contributed by atoms with van der Waals surface area (Å²) in [6, 6.07) is 13.3. The number of ether oxygens (including phenoxy) is 1. The van der Waals surface area contributed by atoms with E-state index in [1.807, 2.05) is 24.3 Å². The summed E-state index contributed by atoms with van der Waals surface area (Å²) in [7, 11) is 1.60. The second-order valence-corrected chi connectivity index (χ2v) is 7.50. The van der Waals surface area contributed by atoms with Crippen LogP contribution in [0.2, 0.25) is 0 Å². The fourth-order valence-electron chi connectivity index (χ4n) is 3.90. The zero-order valence-corrected chi connectivity index (χ0v) is 16.9. The summed E-state index contributed by atoms with van der Waals surface area (Å²) < 4.78 is 18.3. The van der Waals surface area contributed by atoms with E-state index in [1.165, 1.54) is 12.1 Å². The van der Waals surface area contributed by atoms with Crippen LogP contribution in [0.1, 0.15) is 6.42 Å². The number of rotatable bonds is 4. The van der Waals surface area contributed by atoms with Crippen molar-refractivity contribution in [2.24, 2.45) is 0 Å². The van der Waals surface area contributed by atoms with Crippen molar-refractivity contribution >= 4 is 23.3 Å². The number of anilines is 2.